The van der Waals surface area contributed by atoms with Gasteiger partial charge in [-0.3, -0.25) is 4.79 Å². The minimum Gasteiger partial charge on any atom is -0.480 e. The van der Waals surface area contributed by atoms with E-state index < -0.39 is 0 Å². The molecule has 0 fully saturated rings. The summed E-state index contributed by atoms with van der Waals surface area (Å²) in [6.45, 7) is 0. The summed E-state index contributed by atoms with van der Waals surface area (Å²) in [6.07, 6.45) is 0. The van der Waals surface area contributed by atoms with E-state index in [1.54, 1.807) is 37.4 Å². The van der Waals surface area contributed by atoms with Crippen molar-refractivity contribution < 1.29 is 9.53 Å². The lowest BCUT2D eigenvalue weighted by Crippen LogP contribution is -2.18. The number of ether oxygens (including phenoxy) is 1. The Morgan fingerprint density at radius 1 is 1.26 bits per heavy atom. The molecule has 1 heterocycles. The summed E-state index contributed by atoms with van der Waals surface area (Å²) in [5.41, 5.74) is 1.87. The van der Waals surface area contributed by atoms with Crippen molar-refractivity contribution in [2.45, 2.75) is 0 Å². The normalized spacial score (nSPS) is 10.1. The van der Waals surface area contributed by atoms with E-state index >= 15 is 0 Å². The first kappa shape index (κ1) is 13.3. The van der Waals surface area contributed by atoms with Crippen molar-refractivity contribution in [1.82, 2.24) is 15.5 Å². The number of hydrogen-bond acceptors (Lipinski definition) is 4. The Kier molecular flexibility index (Phi) is 3.97. The maximum Gasteiger partial charge on any atom is 0.252 e. The maximum atomic E-state index is 11.5. The van der Waals surface area contributed by atoms with E-state index in [1.165, 1.54) is 7.11 Å². The van der Waals surface area contributed by atoms with Crippen LogP contribution in [0.15, 0.2) is 30.3 Å². The van der Waals surface area contributed by atoms with Gasteiger partial charge in [-0.05, 0) is 18.2 Å². The highest BCUT2D eigenvalue weighted by molar-refractivity contribution is 6.34. The Hall–Kier alpha value is -2.14. The van der Waals surface area contributed by atoms with Gasteiger partial charge >= 0.3 is 0 Å². The summed E-state index contributed by atoms with van der Waals surface area (Å²) >= 11 is 6.08. The van der Waals surface area contributed by atoms with Crippen LogP contribution >= 0.6 is 11.6 Å². The van der Waals surface area contributed by atoms with E-state index in [9.17, 15) is 4.79 Å². The summed E-state index contributed by atoms with van der Waals surface area (Å²) < 4.78 is 4.94. The number of carbonyl (C=O) groups is 1. The molecule has 1 amide bonds. The Balaban J connectivity index is 2.35. The van der Waals surface area contributed by atoms with Crippen molar-refractivity contribution >= 4 is 17.5 Å². The van der Waals surface area contributed by atoms with Crippen LogP contribution in [-0.2, 0) is 0 Å². The lowest BCUT2D eigenvalue weighted by atomic mass is 10.1. The highest BCUT2D eigenvalue weighted by Gasteiger charge is 2.10. The molecule has 6 heteroatoms. The van der Waals surface area contributed by atoms with Gasteiger partial charge in [0.05, 0.1) is 23.4 Å². The minimum absolute atomic E-state index is 0.225. The second-order valence-corrected chi connectivity index (χ2v) is 4.14. The first-order chi connectivity index (χ1) is 9.15. The predicted octanol–water partition coefficient (Wildman–Crippen LogP) is 2.17. The molecule has 0 bridgehead atoms. The molecule has 0 saturated heterocycles. The van der Waals surface area contributed by atoms with E-state index in [1.807, 2.05) is 0 Å². The molecule has 0 aliphatic carbocycles. The molecule has 2 rings (SSSR count). The topological polar surface area (TPSA) is 64.1 Å². The van der Waals surface area contributed by atoms with Gasteiger partial charge in [0.1, 0.15) is 0 Å². The molecule has 0 saturated carbocycles. The van der Waals surface area contributed by atoms with Gasteiger partial charge in [-0.15, -0.1) is 10.2 Å². The smallest absolute Gasteiger partial charge is 0.252 e. The lowest BCUT2D eigenvalue weighted by Gasteiger charge is -2.06. The third-order valence-electron chi connectivity index (χ3n) is 2.59. The number of benzene rings is 1. The number of nitrogens with one attached hydrogen (secondary N) is 1. The summed E-state index contributed by atoms with van der Waals surface area (Å²) in [5.74, 6) is 0.217. The van der Waals surface area contributed by atoms with Crippen molar-refractivity contribution in [3.8, 4) is 17.1 Å². The van der Waals surface area contributed by atoms with Crippen LogP contribution < -0.4 is 10.1 Å². The summed E-state index contributed by atoms with van der Waals surface area (Å²) in [6, 6.07) is 8.60. The highest BCUT2D eigenvalue weighted by Crippen LogP contribution is 2.24. The number of hydrogen-bond donors (Lipinski definition) is 1. The van der Waals surface area contributed by atoms with Gasteiger partial charge in [0.25, 0.3) is 5.91 Å². The van der Waals surface area contributed by atoms with Crippen LogP contribution in [0.3, 0.4) is 0 Å². The molecule has 1 N–H and O–H groups in total. The Morgan fingerprint density at radius 2 is 2.05 bits per heavy atom. The Labute approximate surface area is 115 Å². The van der Waals surface area contributed by atoms with Crippen molar-refractivity contribution in [1.29, 1.82) is 0 Å². The van der Waals surface area contributed by atoms with Crippen LogP contribution in [0.1, 0.15) is 10.4 Å². The molecule has 2 aromatic rings. The number of aromatic nitrogens is 2. The first-order valence-electron chi connectivity index (χ1n) is 5.55. The van der Waals surface area contributed by atoms with Crippen molar-refractivity contribution in [2.24, 2.45) is 0 Å². The van der Waals surface area contributed by atoms with Crippen molar-refractivity contribution in [3.05, 3.63) is 40.9 Å². The molecule has 98 valence electrons. The average molecular weight is 278 g/mol. The van der Waals surface area contributed by atoms with Crippen LogP contribution in [0.4, 0.5) is 0 Å². The Morgan fingerprint density at radius 3 is 2.58 bits per heavy atom. The van der Waals surface area contributed by atoms with Gasteiger partial charge in [0.15, 0.2) is 0 Å². The quantitative estimate of drug-likeness (QED) is 0.934. The molecule has 5 nitrogen and oxygen atoms in total. The third kappa shape index (κ3) is 2.82. The molecule has 0 unspecified atom stereocenters. The van der Waals surface area contributed by atoms with E-state index in [-0.39, 0.29) is 5.91 Å². The first-order valence-corrected chi connectivity index (χ1v) is 5.93. The minimum atomic E-state index is -0.225. The number of rotatable bonds is 3. The number of halogens is 1. The van der Waals surface area contributed by atoms with Gasteiger partial charge in [-0.2, -0.15) is 0 Å². The summed E-state index contributed by atoms with van der Waals surface area (Å²) in [7, 11) is 3.08. The standard InChI is InChI=1S/C13H12ClN3O2/c1-15-13(18)9-4-3-8(7-10(9)14)11-5-6-12(19-2)17-16-11/h3-7H,1-2H3,(H,15,18). The fourth-order valence-corrected chi connectivity index (χ4v) is 1.84. The van der Waals surface area contributed by atoms with Crippen LogP contribution in [0.2, 0.25) is 5.02 Å². The van der Waals surface area contributed by atoms with Crippen molar-refractivity contribution in [3.63, 3.8) is 0 Å². The molecule has 1 aromatic carbocycles. The molecule has 0 aliphatic rings. The molecule has 1 aromatic heterocycles. The fraction of sp³-hybridized carbons (Fsp3) is 0.154. The monoisotopic (exact) mass is 277 g/mol. The molecule has 0 spiro atoms. The van der Waals surface area contributed by atoms with Crippen LogP contribution in [0.5, 0.6) is 5.88 Å². The van der Waals surface area contributed by atoms with E-state index in [2.05, 4.69) is 15.5 Å². The lowest BCUT2D eigenvalue weighted by molar-refractivity contribution is 0.0963. The molecular weight excluding hydrogens is 266 g/mol. The second-order valence-electron chi connectivity index (χ2n) is 3.73. The molecular formula is C13H12ClN3O2. The van der Waals surface area contributed by atoms with Gasteiger partial charge in [-0.1, -0.05) is 17.7 Å². The van der Waals surface area contributed by atoms with Gasteiger partial charge in [0, 0.05) is 18.7 Å². The highest BCUT2D eigenvalue weighted by atomic mass is 35.5. The number of nitrogens with zero attached hydrogens (tertiary/aromatic N) is 2. The Bertz CT molecular complexity index is 599. The largest absolute Gasteiger partial charge is 0.480 e. The maximum absolute atomic E-state index is 11.5. The zero-order valence-corrected chi connectivity index (χ0v) is 11.2. The van der Waals surface area contributed by atoms with Gasteiger partial charge < -0.3 is 10.1 Å². The van der Waals surface area contributed by atoms with Crippen LogP contribution in [0.25, 0.3) is 11.3 Å². The second kappa shape index (κ2) is 5.67. The molecule has 0 aliphatic heterocycles. The van der Waals surface area contributed by atoms with Gasteiger partial charge in [-0.25, -0.2) is 0 Å². The van der Waals surface area contributed by atoms with Crippen LogP contribution in [-0.4, -0.2) is 30.3 Å². The zero-order valence-electron chi connectivity index (χ0n) is 10.5. The fourth-order valence-electron chi connectivity index (χ4n) is 1.58. The predicted molar refractivity (Wildman–Crippen MR) is 72.4 cm³/mol. The van der Waals surface area contributed by atoms with E-state index in [4.69, 9.17) is 16.3 Å². The molecule has 19 heavy (non-hydrogen) atoms. The number of carbonyl (C=O) groups excluding carboxylic acids is 1. The SMILES string of the molecule is CNC(=O)c1ccc(-c2ccc(OC)nn2)cc1Cl. The average Bonchev–Trinajstić information content (AvgIpc) is 2.46. The number of amides is 1. The number of methoxy groups -OCH3 is 1. The molecule has 0 atom stereocenters. The molecule has 0 radical (unpaired) electrons. The third-order valence-corrected chi connectivity index (χ3v) is 2.90. The van der Waals surface area contributed by atoms with Crippen LogP contribution in [0, 0.1) is 0 Å². The summed E-state index contributed by atoms with van der Waals surface area (Å²) in [5, 5.41) is 10.8. The zero-order chi connectivity index (χ0) is 13.8. The van der Waals surface area contributed by atoms with Gasteiger partial charge in [0.2, 0.25) is 5.88 Å². The van der Waals surface area contributed by atoms with E-state index in [0.29, 0.717) is 22.2 Å². The van der Waals surface area contributed by atoms with E-state index in [0.717, 1.165) is 5.56 Å². The summed E-state index contributed by atoms with van der Waals surface area (Å²) in [4.78, 5) is 11.5. The van der Waals surface area contributed by atoms with Crippen molar-refractivity contribution in [2.75, 3.05) is 14.2 Å².